The van der Waals surface area contributed by atoms with Crippen LogP contribution in [-0.4, -0.2) is 31.3 Å². The first-order valence-electron chi connectivity index (χ1n) is 6.95. The van der Waals surface area contributed by atoms with Crippen LogP contribution < -0.4 is 5.32 Å². The van der Waals surface area contributed by atoms with Crippen LogP contribution in [0, 0.1) is 0 Å². The number of benzene rings is 1. The molecule has 1 atom stereocenters. The summed E-state index contributed by atoms with van der Waals surface area (Å²) in [6.45, 7) is 4.18. The van der Waals surface area contributed by atoms with Gasteiger partial charge in [0.2, 0.25) is 0 Å². The molecule has 1 aromatic carbocycles. The quantitative estimate of drug-likeness (QED) is 0.821. The summed E-state index contributed by atoms with van der Waals surface area (Å²) in [5.74, 6) is 0. The van der Waals surface area contributed by atoms with Crippen LogP contribution in [0.25, 0.3) is 10.9 Å². The zero-order valence-electron chi connectivity index (χ0n) is 10.9. The second kappa shape index (κ2) is 4.63. The van der Waals surface area contributed by atoms with Crippen molar-refractivity contribution in [3.8, 4) is 0 Å². The Labute approximate surface area is 112 Å². The zero-order valence-corrected chi connectivity index (χ0v) is 10.9. The van der Waals surface area contributed by atoms with Gasteiger partial charge in [-0.2, -0.15) is 0 Å². The van der Waals surface area contributed by atoms with Crippen LogP contribution in [0.4, 0.5) is 0 Å². The van der Waals surface area contributed by atoms with Gasteiger partial charge in [0, 0.05) is 41.7 Å². The Bertz CT molecular complexity index is 599. The van der Waals surface area contributed by atoms with E-state index < -0.39 is 0 Å². The average Bonchev–Trinajstić information content (AvgIpc) is 2.86. The molecule has 1 fully saturated rings. The second-order valence-corrected chi connectivity index (χ2v) is 5.25. The first-order valence-corrected chi connectivity index (χ1v) is 6.95. The SMILES string of the molecule is c1cc2[nH]c3c(c2cc1C1CNCCO1)COCC3. The first-order chi connectivity index (χ1) is 9.42. The minimum atomic E-state index is 0.174. The number of aromatic nitrogens is 1. The molecule has 0 bridgehead atoms. The lowest BCUT2D eigenvalue weighted by atomic mass is 10.0. The smallest absolute Gasteiger partial charge is 0.0950 e. The van der Waals surface area contributed by atoms with Crippen molar-refractivity contribution in [3.63, 3.8) is 0 Å². The summed E-state index contributed by atoms with van der Waals surface area (Å²) in [6, 6.07) is 6.60. The fraction of sp³-hybridized carbons (Fsp3) is 0.467. The molecular weight excluding hydrogens is 240 g/mol. The molecule has 4 nitrogen and oxygen atoms in total. The van der Waals surface area contributed by atoms with Crippen LogP contribution in [0.5, 0.6) is 0 Å². The van der Waals surface area contributed by atoms with Gasteiger partial charge in [0.15, 0.2) is 0 Å². The van der Waals surface area contributed by atoms with E-state index in [1.54, 1.807) is 0 Å². The minimum Gasteiger partial charge on any atom is -0.376 e. The minimum absolute atomic E-state index is 0.174. The number of morpholine rings is 1. The van der Waals surface area contributed by atoms with Gasteiger partial charge in [-0.3, -0.25) is 0 Å². The molecule has 2 aliphatic rings. The lowest BCUT2D eigenvalue weighted by molar-refractivity contribution is 0.0278. The summed E-state index contributed by atoms with van der Waals surface area (Å²) < 4.78 is 11.4. The number of fused-ring (bicyclic) bond motifs is 3. The Balaban J connectivity index is 1.77. The number of hydrogen-bond acceptors (Lipinski definition) is 3. The molecule has 1 unspecified atom stereocenters. The van der Waals surface area contributed by atoms with Gasteiger partial charge in [-0.1, -0.05) is 6.07 Å². The molecule has 2 aliphatic heterocycles. The molecular formula is C15H18N2O2. The Hall–Kier alpha value is -1.36. The van der Waals surface area contributed by atoms with Gasteiger partial charge in [-0.05, 0) is 17.7 Å². The largest absolute Gasteiger partial charge is 0.376 e. The molecule has 1 aromatic heterocycles. The molecule has 1 saturated heterocycles. The van der Waals surface area contributed by atoms with Crippen LogP contribution in [0.15, 0.2) is 18.2 Å². The molecule has 4 rings (SSSR count). The molecule has 100 valence electrons. The molecule has 19 heavy (non-hydrogen) atoms. The monoisotopic (exact) mass is 258 g/mol. The third kappa shape index (κ3) is 1.96. The van der Waals surface area contributed by atoms with Crippen molar-refractivity contribution in [1.82, 2.24) is 10.3 Å². The maximum Gasteiger partial charge on any atom is 0.0950 e. The maximum absolute atomic E-state index is 5.83. The van der Waals surface area contributed by atoms with Gasteiger partial charge in [0.25, 0.3) is 0 Å². The highest BCUT2D eigenvalue weighted by atomic mass is 16.5. The Morgan fingerprint density at radius 2 is 2.21 bits per heavy atom. The van der Waals surface area contributed by atoms with Gasteiger partial charge >= 0.3 is 0 Å². The zero-order chi connectivity index (χ0) is 12.7. The number of ether oxygens (including phenoxy) is 2. The third-order valence-corrected chi connectivity index (χ3v) is 4.06. The van der Waals surface area contributed by atoms with Crippen molar-refractivity contribution in [2.75, 3.05) is 26.3 Å². The highest BCUT2D eigenvalue weighted by Gasteiger charge is 2.19. The normalized spacial score (nSPS) is 23.5. The van der Waals surface area contributed by atoms with E-state index >= 15 is 0 Å². The molecule has 0 radical (unpaired) electrons. The molecule has 0 spiro atoms. The standard InChI is InChI=1S/C15H18N2O2/c1-2-13-11(12-9-18-5-3-14(12)17-13)7-10(1)15-8-16-4-6-19-15/h1-2,7,15-17H,3-6,8-9H2. The number of hydrogen-bond donors (Lipinski definition) is 2. The highest BCUT2D eigenvalue weighted by molar-refractivity contribution is 5.85. The van der Waals surface area contributed by atoms with Gasteiger partial charge in [-0.15, -0.1) is 0 Å². The number of H-pyrrole nitrogens is 1. The van der Waals surface area contributed by atoms with E-state index in [0.29, 0.717) is 0 Å². The van der Waals surface area contributed by atoms with Crippen LogP contribution in [0.1, 0.15) is 22.9 Å². The van der Waals surface area contributed by atoms with Crippen LogP contribution in [-0.2, 0) is 22.5 Å². The van der Waals surface area contributed by atoms with E-state index in [0.717, 1.165) is 39.3 Å². The molecule has 3 heterocycles. The number of aromatic amines is 1. The lowest BCUT2D eigenvalue weighted by Gasteiger charge is -2.24. The Kier molecular flexibility index (Phi) is 2.80. The van der Waals surface area contributed by atoms with E-state index in [9.17, 15) is 0 Å². The Morgan fingerprint density at radius 1 is 1.21 bits per heavy atom. The van der Waals surface area contributed by atoms with Crippen molar-refractivity contribution >= 4 is 10.9 Å². The Morgan fingerprint density at radius 3 is 3.11 bits per heavy atom. The summed E-state index contributed by atoms with van der Waals surface area (Å²) in [4.78, 5) is 3.51. The molecule has 0 amide bonds. The van der Waals surface area contributed by atoms with E-state index in [1.165, 1.54) is 27.7 Å². The topological polar surface area (TPSA) is 46.3 Å². The number of nitrogens with one attached hydrogen (secondary N) is 2. The summed E-state index contributed by atoms with van der Waals surface area (Å²) in [5.41, 5.74) is 5.13. The van der Waals surface area contributed by atoms with Gasteiger partial charge in [0.05, 0.1) is 25.9 Å². The highest BCUT2D eigenvalue weighted by Crippen LogP contribution is 2.30. The second-order valence-electron chi connectivity index (χ2n) is 5.25. The molecule has 2 N–H and O–H groups in total. The van der Waals surface area contributed by atoms with Crippen molar-refractivity contribution in [1.29, 1.82) is 0 Å². The number of rotatable bonds is 1. The van der Waals surface area contributed by atoms with Gasteiger partial charge in [-0.25, -0.2) is 0 Å². The van der Waals surface area contributed by atoms with Gasteiger partial charge < -0.3 is 19.8 Å². The van der Waals surface area contributed by atoms with Gasteiger partial charge in [0.1, 0.15) is 0 Å². The summed E-state index contributed by atoms with van der Waals surface area (Å²) in [7, 11) is 0. The van der Waals surface area contributed by atoms with E-state index in [-0.39, 0.29) is 6.10 Å². The summed E-state index contributed by atoms with van der Waals surface area (Å²) in [6.07, 6.45) is 1.16. The molecule has 0 saturated carbocycles. The molecule has 0 aliphatic carbocycles. The lowest BCUT2D eigenvalue weighted by Crippen LogP contribution is -2.33. The van der Waals surface area contributed by atoms with Crippen molar-refractivity contribution in [2.24, 2.45) is 0 Å². The van der Waals surface area contributed by atoms with Crippen LogP contribution in [0.2, 0.25) is 0 Å². The average molecular weight is 258 g/mol. The van der Waals surface area contributed by atoms with Crippen LogP contribution >= 0.6 is 0 Å². The van der Waals surface area contributed by atoms with E-state index in [1.807, 2.05) is 0 Å². The summed E-state index contributed by atoms with van der Waals surface area (Å²) >= 11 is 0. The maximum atomic E-state index is 5.83. The van der Waals surface area contributed by atoms with Crippen molar-refractivity contribution in [2.45, 2.75) is 19.1 Å². The summed E-state index contributed by atoms with van der Waals surface area (Å²) in [5, 5.41) is 4.67. The fourth-order valence-corrected chi connectivity index (χ4v) is 3.03. The first kappa shape index (κ1) is 11.5. The predicted molar refractivity (Wildman–Crippen MR) is 73.2 cm³/mol. The molecule has 2 aromatic rings. The van der Waals surface area contributed by atoms with Crippen molar-refractivity contribution < 1.29 is 9.47 Å². The molecule has 4 heteroatoms. The van der Waals surface area contributed by atoms with Crippen molar-refractivity contribution in [3.05, 3.63) is 35.0 Å². The third-order valence-electron chi connectivity index (χ3n) is 4.06. The van der Waals surface area contributed by atoms with E-state index in [2.05, 4.69) is 28.5 Å². The van der Waals surface area contributed by atoms with Crippen LogP contribution in [0.3, 0.4) is 0 Å². The predicted octanol–water partition coefficient (Wildman–Crippen LogP) is 1.90. The fourth-order valence-electron chi connectivity index (χ4n) is 3.03. The van der Waals surface area contributed by atoms with E-state index in [4.69, 9.17) is 9.47 Å².